The molecule has 0 amide bonds. The minimum atomic E-state index is -0.782. The Morgan fingerprint density at radius 2 is 0.565 bits per heavy atom. The highest BCUT2D eigenvalue weighted by Crippen LogP contribution is 2.18. The molecule has 0 rings (SSSR count). The third-order valence-corrected chi connectivity index (χ3v) is 13.7. The quantitative estimate of drug-likeness (QED) is 0.0261. The third kappa shape index (κ3) is 56.4. The number of ether oxygens (including phenoxy) is 3. The molecule has 6 nitrogen and oxygen atoms in total. The van der Waals surface area contributed by atoms with Gasteiger partial charge in [-0.1, -0.05) is 295 Å². The van der Waals surface area contributed by atoms with Crippen molar-refractivity contribution in [3.8, 4) is 0 Å². The number of allylic oxidation sites excluding steroid dienone is 6. The first-order valence-corrected chi connectivity index (χ1v) is 30.5. The van der Waals surface area contributed by atoms with Crippen LogP contribution in [-0.4, -0.2) is 37.2 Å². The Morgan fingerprint density at radius 1 is 0.304 bits per heavy atom. The van der Waals surface area contributed by atoms with E-state index in [4.69, 9.17) is 14.2 Å². The van der Waals surface area contributed by atoms with E-state index < -0.39 is 6.10 Å². The predicted octanol–water partition coefficient (Wildman–Crippen LogP) is 20.4. The van der Waals surface area contributed by atoms with E-state index >= 15 is 0 Å². The Morgan fingerprint density at radius 3 is 0.884 bits per heavy atom. The van der Waals surface area contributed by atoms with E-state index in [1.165, 1.54) is 205 Å². The summed E-state index contributed by atoms with van der Waals surface area (Å²) >= 11 is 0. The second-order valence-electron chi connectivity index (χ2n) is 20.6. The number of hydrogen-bond donors (Lipinski definition) is 0. The second kappa shape index (κ2) is 58.2. The molecule has 0 aromatic carbocycles. The van der Waals surface area contributed by atoms with Crippen LogP contribution in [0, 0.1) is 0 Å². The van der Waals surface area contributed by atoms with Crippen LogP contribution in [0.5, 0.6) is 0 Å². The molecule has 0 N–H and O–H groups in total. The maximum Gasteiger partial charge on any atom is 0.306 e. The normalized spacial score (nSPS) is 12.2. The fourth-order valence-corrected chi connectivity index (χ4v) is 9.11. The molecule has 0 aliphatic rings. The third-order valence-electron chi connectivity index (χ3n) is 13.7. The number of hydrogen-bond acceptors (Lipinski definition) is 6. The highest BCUT2D eigenvalue weighted by atomic mass is 16.6. The topological polar surface area (TPSA) is 78.9 Å². The van der Waals surface area contributed by atoms with Crippen LogP contribution in [0.3, 0.4) is 0 Å². The van der Waals surface area contributed by atoms with Gasteiger partial charge in [-0.25, -0.2) is 0 Å². The Labute approximate surface area is 429 Å². The van der Waals surface area contributed by atoms with E-state index in [0.717, 1.165) is 83.5 Å². The Bertz CT molecular complexity index is 1160. The monoisotopic (exact) mass is 969 g/mol. The molecule has 0 aromatic rings. The minimum absolute atomic E-state index is 0.0794. The van der Waals surface area contributed by atoms with Crippen LogP contribution in [0.15, 0.2) is 36.5 Å². The summed E-state index contributed by atoms with van der Waals surface area (Å²) in [6.07, 6.45) is 70.3. The van der Waals surface area contributed by atoms with Gasteiger partial charge in [0.05, 0.1) is 0 Å². The van der Waals surface area contributed by atoms with Crippen molar-refractivity contribution < 1.29 is 28.6 Å². The van der Waals surface area contributed by atoms with Gasteiger partial charge in [0.1, 0.15) is 13.2 Å². The predicted molar refractivity (Wildman–Crippen MR) is 298 cm³/mol. The summed E-state index contributed by atoms with van der Waals surface area (Å²) < 4.78 is 16.8. The molecule has 6 heteroatoms. The highest BCUT2D eigenvalue weighted by molar-refractivity contribution is 5.71. The lowest BCUT2D eigenvalue weighted by Gasteiger charge is -2.18. The van der Waals surface area contributed by atoms with Crippen LogP contribution in [0.4, 0.5) is 0 Å². The van der Waals surface area contributed by atoms with E-state index in [-0.39, 0.29) is 31.1 Å². The molecule has 1 atom stereocenters. The maximum absolute atomic E-state index is 12.8. The van der Waals surface area contributed by atoms with Crippen LogP contribution in [-0.2, 0) is 28.6 Å². The summed E-state index contributed by atoms with van der Waals surface area (Å²) in [6.45, 7) is 6.54. The molecule has 69 heavy (non-hydrogen) atoms. The average molecular weight is 970 g/mol. The first-order chi connectivity index (χ1) is 34.0. The number of unbranched alkanes of at least 4 members (excludes halogenated alkanes) is 39. The Kier molecular flexibility index (Phi) is 56.2. The SMILES string of the molecule is CC/C=C\C/C=C\C/C=C\CCCCCC(=O)OC(COC(=O)CCCCCCCCCCCCC)COC(=O)CCCCCCCCCCCCCCCCCCCCCCCCCCCCC. The molecule has 0 radical (unpaired) electrons. The molecule has 1 unspecified atom stereocenters. The Hall–Kier alpha value is -2.37. The molecule has 0 saturated carbocycles. The van der Waals surface area contributed by atoms with Gasteiger partial charge in [0.25, 0.3) is 0 Å². The summed E-state index contributed by atoms with van der Waals surface area (Å²) in [5.41, 5.74) is 0. The standard InChI is InChI=1S/C63H116O6/c1-4-7-10-13-16-19-22-24-25-26-27-28-29-30-31-32-33-34-35-36-37-39-41-44-47-50-53-56-62(65)68-59-60(58-67-61(64)55-52-49-46-43-40-21-18-15-12-9-6-3)69-63(66)57-54-51-48-45-42-38-23-20-17-14-11-8-5-2/h8,11,17,20,38,42,60H,4-7,9-10,12-16,18-19,21-37,39-41,43-59H2,1-3H3/b11-8-,20-17-,42-38-. The van der Waals surface area contributed by atoms with Crippen LogP contribution in [0.2, 0.25) is 0 Å². The van der Waals surface area contributed by atoms with Gasteiger partial charge in [-0.05, 0) is 51.4 Å². The largest absolute Gasteiger partial charge is 0.462 e. The fraction of sp³-hybridized carbons (Fsp3) is 0.857. The van der Waals surface area contributed by atoms with Crippen molar-refractivity contribution in [1.82, 2.24) is 0 Å². The lowest BCUT2D eigenvalue weighted by molar-refractivity contribution is -0.167. The fourth-order valence-electron chi connectivity index (χ4n) is 9.11. The Balaban J connectivity index is 4.13. The van der Waals surface area contributed by atoms with Gasteiger partial charge in [-0.15, -0.1) is 0 Å². The van der Waals surface area contributed by atoms with Gasteiger partial charge >= 0.3 is 17.9 Å². The zero-order chi connectivity index (χ0) is 50.0. The molecule has 0 spiro atoms. The summed E-state index contributed by atoms with van der Waals surface area (Å²) in [6, 6.07) is 0. The van der Waals surface area contributed by atoms with Crippen molar-refractivity contribution in [1.29, 1.82) is 0 Å². The van der Waals surface area contributed by atoms with E-state index in [2.05, 4.69) is 57.2 Å². The van der Waals surface area contributed by atoms with Crippen molar-refractivity contribution in [2.24, 2.45) is 0 Å². The van der Waals surface area contributed by atoms with Crippen LogP contribution in [0.25, 0.3) is 0 Å². The number of carbonyl (C=O) groups excluding carboxylic acids is 3. The van der Waals surface area contributed by atoms with Crippen molar-refractivity contribution >= 4 is 17.9 Å². The first-order valence-electron chi connectivity index (χ1n) is 30.5. The second-order valence-corrected chi connectivity index (χ2v) is 20.6. The molecule has 0 saturated heterocycles. The summed E-state index contributed by atoms with van der Waals surface area (Å²) in [5, 5.41) is 0. The van der Waals surface area contributed by atoms with Gasteiger partial charge in [-0.2, -0.15) is 0 Å². The van der Waals surface area contributed by atoms with E-state index in [0.29, 0.717) is 19.3 Å². The lowest BCUT2D eigenvalue weighted by atomic mass is 10.0. The number of rotatable bonds is 56. The van der Waals surface area contributed by atoms with E-state index in [1.807, 2.05) is 0 Å². The maximum atomic E-state index is 12.8. The lowest BCUT2D eigenvalue weighted by Crippen LogP contribution is -2.30. The molecule has 0 heterocycles. The molecular weight excluding hydrogens is 853 g/mol. The molecule has 0 aliphatic carbocycles. The smallest absolute Gasteiger partial charge is 0.306 e. The first kappa shape index (κ1) is 66.6. The summed E-state index contributed by atoms with van der Waals surface area (Å²) in [4.78, 5) is 38.1. The molecule has 0 aromatic heterocycles. The van der Waals surface area contributed by atoms with Crippen molar-refractivity contribution in [2.75, 3.05) is 13.2 Å². The summed E-state index contributed by atoms with van der Waals surface area (Å²) in [5.74, 6) is -0.892. The number of esters is 3. The highest BCUT2D eigenvalue weighted by Gasteiger charge is 2.19. The van der Waals surface area contributed by atoms with E-state index in [1.54, 1.807) is 0 Å². The van der Waals surface area contributed by atoms with Gasteiger partial charge < -0.3 is 14.2 Å². The van der Waals surface area contributed by atoms with Gasteiger partial charge in [0.15, 0.2) is 6.10 Å². The molecule has 0 fully saturated rings. The van der Waals surface area contributed by atoms with E-state index in [9.17, 15) is 14.4 Å². The molecule has 0 bridgehead atoms. The average Bonchev–Trinajstić information content (AvgIpc) is 3.35. The van der Waals surface area contributed by atoms with Crippen LogP contribution in [0.1, 0.15) is 329 Å². The van der Waals surface area contributed by atoms with Crippen molar-refractivity contribution in [2.45, 2.75) is 335 Å². The van der Waals surface area contributed by atoms with Gasteiger partial charge in [0, 0.05) is 19.3 Å². The number of carbonyl (C=O) groups is 3. The van der Waals surface area contributed by atoms with Gasteiger partial charge in [0.2, 0.25) is 0 Å². The van der Waals surface area contributed by atoms with Crippen molar-refractivity contribution in [3.63, 3.8) is 0 Å². The van der Waals surface area contributed by atoms with Crippen LogP contribution >= 0.6 is 0 Å². The minimum Gasteiger partial charge on any atom is -0.462 e. The molecular formula is C63H116O6. The molecule has 0 aliphatic heterocycles. The zero-order valence-electron chi connectivity index (χ0n) is 46.3. The zero-order valence-corrected chi connectivity index (χ0v) is 46.3. The summed E-state index contributed by atoms with van der Waals surface area (Å²) in [7, 11) is 0. The van der Waals surface area contributed by atoms with Gasteiger partial charge in [-0.3, -0.25) is 14.4 Å². The van der Waals surface area contributed by atoms with Crippen molar-refractivity contribution in [3.05, 3.63) is 36.5 Å². The molecule has 404 valence electrons. The van der Waals surface area contributed by atoms with Crippen LogP contribution < -0.4 is 0 Å².